The van der Waals surface area contributed by atoms with Crippen LogP contribution in [-0.4, -0.2) is 27.2 Å². The SMILES string of the molecule is COc1ccccc1CNC(=O)CCCn1nc(C)n2c(cc3occc32)c1=O. The minimum Gasteiger partial charge on any atom is -0.496 e. The maximum Gasteiger partial charge on any atom is 0.291 e. The molecule has 3 aromatic heterocycles. The molecule has 0 unspecified atom stereocenters. The van der Waals surface area contributed by atoms with Crippen molar-refractivity contribution < 1.29 is 13.9 Å². The van der Waals surface area contributed by atoms with Gasteiger partial charge >= 0.3 is 0 Å². The van der Waals surface area contributed by atoms with Gasteiger partial charge in [0.25, 0.3) is 5.56 Å². The van der Waals surface area contributed by atoms with E-state index in [2.05, 4.69) is 10.4 Å². The molecule has 0 aliphatic heterocycles. The van der Waals surface area contributed by atoms with Crippen LogP contribution in [0.5, 0.6) is 5.75 Å². The Kier molecular flexibility index (Phi) is 5.07. The highest BCUT2D eigenvalue weighted by Gasteiger charge is 2.14. The third kappa shape index (κ3) is 3.61. The predicted molar refractivity (Wildman–Crippen MR) is 108 cm³/mol. The Bertz CT molecular complexity index is 1230. The third-order valence-electron chi connectivity index (χ3n) is 4.91. The van der Waals surface area contributed by atoms with Crippen molar-refractivity contribution in [1.82, 2.24) is 19.5 Å². The Morgan fingerprint density at radius 1 is 1.24 bits per heavy atom. The van der Waals surface area contributed by atoms with E-state index in [1.807, 2.05) is 37.3 Å². The predicted octanol–water partition coefficient (Wildman–Crippen LogP) is 2.66. The van der Waals surface area contributed by atoms with E-state index in [4.69, 9.17) is 9.15 Å². The van der Waals surface area contributed by atoms with Crippen LogP contribution in [0.1, 0.15) is 24.2 Å². The first-order valence-corrected chi connectivity index (χ1v) is 9.43. The summed E-state index contributed by atoms with van der Waals surface area (Å²) in [7, 11) is 1.60. The van der Waals surface area contributed by atoms with Gasteiger partial charge in [-0.2, -0.15) is 5.10 Å². The molecular weight excluding hydrogens is 372 g/mol. The van der Waals surface area contributed by atoms with E-state index in [-0.39, 0.29) is 11.5 Å². The van der Waals surface area contributed by atoms with Gasteiger partial charge in [0.1, 0.15) is 17.1 Å². The summed E-state index contributed by atoms with van der Waals surface area (Å²) in [6, 6.07) is 11.1. The number of benzene rings is 1. The summed E-state index contributed by atoms with van der Waals surface area (Å²) >= 11 is 0. The zero-order chi connectivity index (χ0) is 20.4. The van der Waals surface area contributed by atoms with Crippen molar-refractivity contribution in [2.45, 2.75) is 32.9 Å². The highest BCUT2D eigenvalue weighted by Crippen LogP contribution is 2.20. The molecule has 0 radical (unpaired) electrons. The molecule has 8 heteroatoms. The number of carbonyl (C=O) groups excluding carboxylic acids is 1. The van der Waals surface area contributed by atoms with E-state index in [0.717, 1.165) is 16.8 Å². The summed E-state index contributed by atoms with van der Waals surface area (Å²) in [6.45, 7) is 2.61. The van der Waals surface area contributed by atoms with Crippen LogP contribution < -0.4 is 15.6 Å². The Morgan fingerprint density at radius 3 is 2.90 bits per heavy atom. The van der Waals surface area contributed by atoms with Crippen molar-refractivity contribution in [2.24, 2.45) is 0 Å². The zero-order valence-electron chi connectivity index (χ0n) is 16.3. The zero-order valence-corrected chi connectivity index (χ0v) is 16.3. The number of carbonyl (C=O) groups is 1. The van der Waals surface area contributed by atoms with E-state index in [1.54, 1.807) is 23.8 Å². The number of aryl methyl sites for hydroxylation is 2. The second-order valence-corrected chi connectivity index (χ2v) is 6.80. The fourth-order valence-corrected chi connectivity index (χ4v) is 3.50. The minimum absolute atomic E-state index is 0.0815. The van der Waals surface area contributed by atoms with Crippen LogP contribution in [0.2, 0.25) is 0 Å². The molecule has 8 nitrogen and oxygen atoms in total. The van der Waals surface area contributed by atoms with E-state index < -0.39 is 0 Å². The second kappa shape index (κ2) is 7.83. The number of rotatable bonds is 7. The van der Waals surface area contributed by atoms with Crippen molar-refractivity contribution in [3.63, 3.8) is 0 Å². The number of para-hydroxylation sites is 1. The summed E-state index contributed by atoms with van der Waals surface area (Å²) in [5.74, 6) is 1.35. The topological polar surface area (TPSA) is 90.8 Å². The second-order valence-electron chi connectivity index (χ2n) is 6.80. The Balaban J connectivity index is 1.39. The van der Waals surface area contributed by atoms with Gasteiger partial charge in [0.05, 0.1) is 18.9 Å². The first-order valence-electron chi connectivity index (χ1n) is 9.43. The number of aromatic nitrogens is 3. The molecule has 29 heavy (non-hydrogen) atoms. The Morgan fingerprint density at radius 2 is 2.07 bits per heavy atom. The number of ether oxygens (including phenoxy) is 1. The molecule has 4 aromatic rings. The van der Waals surface area contributed by atoms with E-state index in [0.29, 0.717) is 42.9 Å². The average Bonchev–Trinajstić information content (AvgIpc) is 3.31. The smallest absolute Gasteiger partial charge is 0.291 e. The molecule has 0 saturated carbocycles. The van der Waals surface area contributed by atoms with Crippen LogP contribution in [0, 0.1) is 6.92 Å². The number of amides is 1. The van der Waals surface area contributed by atoms with Crippen molar-refractivity contribution in [3.8, 4) is 5.75 Å². The van der Waals surface area contributed by atoms with Crippen LogP contribution in [0.3, 0.4) is 0 Å². The summed E-state index contributed by atoms with van der Waals surface area (Å²) in [5, 5.41) is 7.28. The molecule has 0 aliphatic carbocycles. The average molecular weight is 394 g/mol. The lowest BCUT2D eigenvalue weighted by molar-refractivity contribution is -0.121. The molecule has 0 aliphatic rings. The van der Waals surface area contributed by atoms with Crippen LogP contribution in [0.4, 0.5) is 0 Å². The number of hydrogen-bond acceptors (Lipinski definition) is 5. The van der Waals surface area contributed by atoms with Crippen LogP contribution in [0.25, 0.3) is 16.6 Å². The molecule has 0 atom stereocenters. The maximum atomic E-state index is 12.7. The van der Waals surface area contributed by atoms with Gasteiger partial charge < -0.3 is 14.5 Å². The largest absolute Gasteiger partial charge is 0.496 e. The quantitative estimate of drug-likeness (QED) is 0.520. The number of nitrogens with zero attached hydrogens (tertiary/aromatic N) is 3. The van der Waals surface area contributed by atoms with E-state index >= 15 is 0 Å². The molecule has 0 saturated heterocycles. The molecule has 1 N–H and O–H groups in total. The lowest BCUT2D eigenvalue weighted by Gasteiger charge is -2.10. The van der Waals surface area contributed by atoms with Gasteiger partial charge in [-0.3, -0.25) is 14.0 Å². The van der Waals surface area contributed by atoms with Gasteiger partial charge in [-0.05, 0) is 19.4 Å². The van der Waals surface area contributed by atoms with Crippen LogP contribution in [-0.2, 0) is 17.9 Å². The first-order chi connectivity index (χ1) is 14.1. The number of hydrogen-bond donors (Lipinski definition) is 1. The van der Waals surface area contributed by atoms with Crippen molar-refractivity contribution >= 4 is 22.5 Å². The van der Waals surface area contributed by atoms with Crippen LogP contribution in [0.15, 0.2) is 51.9 Å². The minimum atomic E-state index is -0.198. The Labute approximate surface area is 166 Å². The molecule has 150 valence electrons. The normalized spacial score (nSPS) is 11.2. The molecular formula is C21H22N4O4. The van der Waals surface area contributed by atoms with Crippen molar-refractivity contribution in [1.29, 1.82) is 0 Å². The van der Waals surface area contributed by atoms with Crippen molar-refractivity contribution in [3.05, 3.63) is 64.4 Å². The van der Waals surface area contributed by atoms with Gasteiger partial charge in [-0.15, -0.1) is 0 Å². The van der Waals surface area contributed by atoms with Gasteiger partial charge in [0.2, 0.25) is 5.91 Å². The standard InChI is InChI=1S/C21H22N4O4/c1-14-23-24(21(27)17-12-19-16(25(14)17)9-11-29-19)10-5-8-20(26)22-13-15-6-3-4-7-18(15)28-2/h3-4,6-7,9,11-12H,5,8,10,13H2,1-2H3,(H,22,26). The first kappa shape index (κ1) is 18.8. The van der Waals surface area contributed by atoms with Gasteiger partial charge in [0, 0.05) is 37.2 Å². The lowest BCUT2D eigenvalue weighted by Crippen LogP contribution is -2.28. The maximum absolute atomic E-state index is 12.7. The number of furan rings is 1. The summed E-state index contributed by atoms with van der Waals surface area (Å²) < 4.78 is 13.9. The molecule has 1 aromatic carbocycles. The summed E-state index contributed by atoms with van der Waals surface area (Å²) in [6.07, 6.45) is 2.40. The summed E-state index contributed by atoms with van der Waals surface area (Å²) in [5.41, 5.74) is 2.72. The van der Waals surface area contributed by atoms with Gasteiger partial charge in [0.15, 0.2) is 5.58 Å². The molecule has 0 spiro atoms. The lowest BCUT2D eigenvalue weighted by atomic mass is 10.2. The van der Waals surface area contributed by atoms with Gasteiger partial charge in [-0.1, -0.05) is 18.2 Å². The molecule has 0 bridgehead atoms. The Hall–Kier alpha value is -3.55. The fourth-order valence-electron chi connectivity index (χ4n) is 3.50. The molecule has 3 heterocycles. The highest BCUT2D eigenvalue weighted by atomic mass is 16.5. The van der Waals surface area contributed by atoms with E-state index in [9.17, 15) is 9.59 Å². The number of fused-ring (bicyclic) bond motifs is 3. The van der Waals surface area contributed by atoms with Gasteiger partial charge in [-0.25, -0.2) is 4.68 Å². The molecule has 0 fully saturated rings. The fraction of sp³-hybridized carbons (Fsp3) is 0.286. The van der Waals surface area contributed by atoms with E-state index in [1.165, 1.54) is 4.68 Å². The highest BCUT2D eigenvalue weighted by molar-refractivity contribution is 5.82. The number of nitrogens with one attached hydrogen (secondary N) is 1. The molecule has 1 amide bonds. The van der Waals surface area contributed by atoms with Crippen molar-refractivity contribution in [2.75, 3.05) is 7.11 Å². The molecule has 4 rings (SSSR count). The summed E-state index contributed by atoms with van der Waals surface area (Å²) in [4.78, 5) is 24.9. The van der Waals surface area contributed by atoms with Crippen LogP contribution >= 0.6 is 0 Å². The monoisotopic (exact) mass is 394 g/mol. The number of methoxy groups -OCH3 is 1. The third-order valence-corrected chi connectivity index (χ3v) is 4.91.